The van der Waals surface area contributed by atoms with Crippen LogP contribution in [0.15, 0.2) is 51.4 Å². The van der Waals surface area contributed by atoms with Crippen LogP contribution in [-0.2, 0) is 5.41 Å². The Balaban J connectivity index is 2.06. The number of hydrogen-bond donors (Lipinski definition) is 1. The van der Waals surface area contributed by atoms with Crippen LogP contribution < -0.4 is 5.32 Å². The highest BCUT2D eigenvalue weighted by atomic mass is 79.9. The second-order valence-electron chi connectivity index (χ2n) is 8.61. The number of halogens is 3. The van der Waals surface area contributed by atoms with E-state index in [1.54, 1.807) is 22.9 Å². The molecule has 10 heteroatoms. The molecule has 0 fully saturated rings. The Morgan fingerprint density at radius 1 is 1.12 bits per heavy atom. The minimum Gasteiger partial charge on any atom is -0.419 e. The van der Waals surface area contributed by atoms with E-state index in [0.717, 1.165) is 10.0 Å². The quantitative estimate of drug-likeness (QED) is 0.292. The number of hydrogen-bond acceptors (Lipinski definition) is 5. The highest BCUT2D eigenvalue weighted by Crippen LogP contribution is 2.37. The molecule has 0 bridgehead atoms. The summed E-state index contributed by atoms with van der Waals surface area (Å²) >= 11 is 16.2. The van der Waals surface area contributed by atoms with Crippen LogP contribution >= 0.6 is 39.1 Å². The number of rotatable bonds is 5. The monoisotopic (exact) mass is 561 g/mol. The Kier molecular flexibility index (Phi) is 6.85. The molecule has 34 heavy (non-hydrogen) atoms. The molecule has 7 nitrogen and oxygen atoms in total. The number of carbonyl (C=O) groups is 1. The van der Waals surface area contributed by atoms with Gasteiger partial charge in [-0.15, -0.1) is 10.2 Å². The average molecular weight is 563 g/mol. The molecular weight excluding hydrogens is 541 g/mol. The molecule has 0 radical (unpaired) electrons. The smallest absolute Gasteiger partial charge is 0.269 e. The fourth-order valence-electron chi connectivity index (χ4n) is 3.36. The van der Waals surface area contributed by atoms with Gasteiger partial charge in [-0.05, 0) is 37.3 Å². The Morgan fingerprint density at radius 3 is 2.41 bits per heavy atom. The van der Waals surface area contributed by atoms with Crippen molar-refractivity contribution in [3.63, 3.8) is 0 Å². The zero-order valence-corrected chi connectivity index (χ0v) is 22.1. The highest BCUT2D eigenvalue weighted by molar-refractivity contribution is 9.10. The maximum Gasteiger partial charge on any atom is 0.269 e. The summed E-state index contributed by atoms with van der Waals surface area (Å²) in [6.07, 6.45) is 0. The Morgan fingerprint density at radius 2 is 1.82 bits per heavy atom. The van der Waals surface area contributed by atoms with Gasteiger partial charge < -0.3 is 9.73 Å². The lowest BCUT2D eigenvalue weighted by molar-refractivity contribution is 0.0957. The van der Waals surface area contributed by atoms with Gasteiger partial charge in [-0.25, -0.2) is 4.68 Å². The molecular formula is C24H22BrCl2N5O2. The second kappa shape index (κ2) is 9.52. The number of aromatic nitrogens is 4. The fraction of sp³-hybridized carbons (Fsp3) is 0.250. The number of nitrogens with one attached hydrogen (secondary N) is 1. The van der Waals surface area contributed by atoms with Crippen molar-refractivity contribution >= 4 is 45.0 Å². The van der Waals surface area contributed by atoms with Crippen LogP contribution in [0.1, 0.15) is 43.9 Å². The van der Waals surface area contributed by atoms with Crippen LogP contribution in [0.3, 0.4) is 0 Å². The minimum absolute atomic E-state index is 0.147. The van der Waals surface area contributed by atoms with Gasteiger partial charge in [0.25, 0.3) is 11.8 Å². The third kappa shape index (κ3) is 4.76. The first kappa shape index (κ1) is 24.4. The number of amides is 1. The van der Waals surface area contributed by atoms with Crippen LogP contribution in [0.4, 0.5) is 0 Å². The lowest BCUT2D eigenvalue weighted by atomic mass is 9.97. The molecule has 0 saturated carbocycles. The zero-order chi connectivity index (χ0) is 24.6. The molecule has 0 aliphatic heterocycles. The van der Waals surface area contributed by atoms with Crippen LogP contribution in [0.5, 0.6) is 0 Å². The molecule has 0 aliphatic carbocycles. The molecule has 1 amide bonds. The third-order valence-corrected chi connectivity index (χ3v) is 6.04. The predicted molar refractivity (Wildman–Crippen MR) is 137 cm³/mol. The van der Waals surface area contributed by atoms with Gasteiger partial charge >= 0.3 is 0 Å². The van der Waals surface area contributed by atoms with Gasteiger partial charge in [0.2, 0.25) is 5.89 Å². The number of benzene rings is 2. The topological polar surface area (TPSA) is 85.8 Å². The Hall–Kier alpha value is -2.68. The number of carbonyl (C=O) groups excluding carboxylic acids is 1. The largest absolute Gasteiger partial charge is 0.419 e. The standard InChI is InChI=1S/C24H22BrCl2N5O2/c1-5-28-21(33)18-19(22-29-30-23(34-22)24(2,3)4)31-32(17-11-10-15(26)12-16(17)27)20(18)13-6-8-14(25)9-7-13/h6-12H,5H2,1-4H3,(H,28,33). The van der Waals surface area contributed by atoms with Gasteiger partial charge in [0.15, 0.2) is 5.69 Å². The van der Waals surface area contributed by atoms with E-state index in [1.807, 2.05) is 52.0 Å². The van der Waals surface area contributed by atoms with Crippen molar-refractivity contribution in [1.82, 2.24) is 25.3 Å². The molecule has 4 rings (SSSR count). The summed E-state index contributed by atoms with van der Waals surface area (Å²) in [5.41, 5.74) is 2.04. The summed E-state index contributed by atoms with van der Waals surface area (Å²) in [6.45, 7) is 8.18. The Bertz CT molecular complexity index is 1360. The van der Waals surface area contributed by atoms with E-state index in [4.69, 9.17) is 32.7 Å². The maximum atomic E-state index is 13.4. The minimum atomic E-state index is -0.367. The van der Waals surface area contributed by atoms with E-state index in [0.29, 0.717) is 39.4 Å². The Labute approximate surface area is 215 Å². The molecule has 2 heterocycles. The van der Waals surface area contributed by atoms with E-state index in [2.05, 4.69) is 31.4 Å². The fourth-order valence-corrected chi connectivity index (χ4v) is 4.11. The summed E-state index contributed by atoms with van der Waals surface area (Å²) < 4.78 is 8.49. The van der Waals surface area contributed by atoms with Crippen molar-refractivity contribution in [2.24, 2.45) is 0 Å². The summed E-state index contributed by atoms with van der Waals surface area (Å²) in [7, 11) is 0. The van der Waals surface area contributed by atoms with Crippen LogP contribution in [0, 0.1) is 0 Å². The van der Waals surface area contributed by atoms with E-state index in [9.17, 15) is 4.79 Å². The third-order valence-electron chi connectivity index (χ3n) is 4.97. The van der Waals surface area contributed by atoms with Gasteiger partial charge in [0, 0.05) is 27.0 Å². The van der Waals surface area contributed by atoms with Gasteiger partial charge in [0.1, 0.15) is 0 Å². The van der Waals surface area contributed by atoms with Crippen LogP contribution in [0.2, 0.25) is 10.0 Å². The summed E-state index contributed by atoms with van der Waals surface area (Å²) in [5.74, 6) is 0.268. The highest BCUT2D eigenvalue weighted by Gasteiger charge is 2.31. The number of nitrogens with zero attached hydrogens (tertiary/aromatic N) is 4. The summed E-state index contributed by atoms with van der Waals surface area (Å²) in [5, 5.41) is 16.9. The van der Waals surface area contributed by atoms with Crippen LogP contribution in [-0.4, -0.2) is 32.4 Å². The van der Waals surface area contributed by atoms with E-state index in [1.165, 1.54) is 0 Å². The van der Waals surface area contributed by atoms with Gasteiger partial charge in [-0.1, -0.05) is 72.0 Å². The SMILES string of the molecule is CCNC(=O)c1c(-c2nnc(C(C)(C)C)o2)nn(-c2ccc(Cl)cc2Cl)c1-c1ccc(Br)cc1. The first-order valence-electron chi connectivity index (χ1n) is 10.6. The van der Waals surface area contributed by atoms with Gasteiger partial charge in [-0.2, -0.15) is 5.10 Å². The van der Waals surface area contributed by atoms with Crippen molar-refractivity contribution in [2.75, 3.05) is 6.54 Å². The van der Waals surface area contributed by atoms with Crippen molar-refractivity contribution in [3.05, 3.63) is 68.4 Å². The van der Waals surface area contributed by atoms with E-state index >= 15 is 0 Å². The molecule has 0 spiro atoms. The van der Waals surface area contributed by atoms with E-state index < -0.39 is 0 Å². The molecule has 0 unspecified atom stereocenters. The normalized spacial score (nSPS) is 11.6. The molecule has 0 aliphatic rings. The zero-order valence-electron chi connectivity index (χ0n) is 19.0. The molecule has 0 saturated heterocycles. The van der Waals surface area contributed by atoms with Crippen molar-refractivity contribution in [1.29, 1.82) is 0 Å². The lowest BCUT2D eigenvalue weighted by Gasteiger charge is -2.12. The average Bonchev–Trinajstić information content (AvgIpc) is 3.40. The molecule has 4 aromatic rings. The summed E-state index contributed by atoms with van der Waals surface area (Å²) in [6, 6.07) is 12.7. The van der Waals surface area contributed by atoms with Gasteiger partial charge in [-0.3, -0.25) is 4.79 Å². The van der Waals surface area contributed by atoms with Gasteiger partial charge in [0.05, 0.1) is 22.0 Å². The van der Waals surface area contributed by atoms with Crippen molar-refractivity contribution in [2.45, 2.75) is 33.1 Å². The van der Waals surface area contributed by atoms with Crippen molar-refractivity contribution in [3.8, 4) is 28.5 Å². The summed E-state index contributed by atoms with van der Waals surface area (Å²) in [4.78, 5) is 13.4. The molecule has 2 aromatic carbocycles. The first-order chi connectivity index (χ1) is 16.1. The predicted octanol–water partition coefficient (Wildman–Crippen LogP) is 6.71. The lowest BCUT2D eigenvalue weighted by Crippen LogP contribution is -2.23. The molecule has 0 atom stereocenters. The molecule has 1 N–H and O–H groups in total. The first-order valence-corrected chi connectivity index (χ1v) is 12.1. The molecule has 176 valence electrons. The van der Waals surface area contributed by atoms with E-state index in [-0.39, 0.29) is 22.9 Å². The maximum absolute atomic E-state index is 13.4. The second-order valence-corrected chi connectivity index (χ2v) is 10.4. The van der Waals surface area contributed by atoms with Crippen LogP contribution in [0.25, 0.3) is 28.5 Å². The molecule has 2 aromatic heterocycles. The van der Waals surface area contributed by atoms with Crippen molar-refractivity contribution < 1.29 is 9.21 Å².